The van der Waals surface area contributed by atoms with Gasteiger partial charge in [-0.05, 0) is 29.8 Å². The number of halogens is 1. The molecule has 4 heteroatoms. The van der Waals surface area contributed by atoms with Gasteiger partial charge in [-0.15, -0.1) is 0 Å². The minimum atomic E-state index is -1.83. The van der Waals surface area contributed by atoms with E-state index in [4.69, 9.17) is 9.41 Å². The number of para-hydroxylation sites is 1. The largest absolute Gasteiger partial charge is 0.531 e. The topological polar surface area (TPSA) is 22.1 Å². The van der Waals surface area contributed by atoms with Gasteiger partial charge >= 0.3 is 0 Å². The standard InChI is InChI=1S/C16H22INOSi/c1-16(2,3)20(4,5)19-15-10-12(11-17)13-8-6-7-9-14(13)18-15/h6-10H,11H2,1-5H3. The molecule has 0 N–H and O–H groups in total. The summed E-state index contributed by atoms with van der Waals surface area (Å²) in [5, 5.41) is 1.41. The fourth-order valence-electron chi connectivity index (χ4n) is 1.80. The lowest BCUT2D eigenvalue weighted by Gasteiger charge is -2.36. The lowest BCUT2D eigenvalue weighted by atomic mass is 10.1. The van der Waals surface area contributed by atoms with Gasteiger partial charge in [0, 0.05) is 15.9 Å². The lowest BCUT2D eigenvalue weighted by Crippen LogP contribution is -2.44. The maximum atomic E-state index is 6.34. The third kappa shape index (κ3) is 3.16. The van der Waals surface area contributed by atoms with Gasteiger partial charge < -0.3 is 4.43 Å². The van der Waals surface area contributed by atoms with Gasteiger partial charge in [0.05, 0.1) is 5.52 Å². The summed E-state index contributed by atoms with van der Waals surface area (Å²) in [5.41, 5.74) is 2.32. The van der Waals surface area contributed by atoms with Crippen molar-refractivity contribution in [3.63, 3.8) is 0 Å². The molecule has 0 fully saturated rings. The number of benzene rings is 1. The van der Waals surface area contributed by atoms with Gasteiger partial charge in [-0.3, -0.25) is 0 Å². The van der Waals surface area contributed by atoms with Crippen LogP contribution in [0.15, 0.2) is 30.3 Å². The Labute approximate surface area is 136 Å². The molecule has 0 amide bonds. The van der Waals surface area contributed by atoms with Crippen molar-refractivity contribution in [3.05, 3.63) is 35.9 Å². The SMILES string of the molecule is CC(C)(C)[Si](C)(C)Oc1cc(CI)c2ccccc2n1. The van der Waals surface area contributed by atoms with E-state index in [0.717, 1.165) is 15.8 Å². The number of fused-ring (bicyclic) bond motifs is 1. The van der Waals surface area contributed by atoms with E-state index in [0.29, 0.717) is 0 Å². The number of rotatable bonds is 3. The fraction of sp³-hybridized carbons (Fsp3) is 0.438. The first kappa shape index (κ1) is 15.8. The Morgan fingerprint density at radius 2 is 1.85 bits per heavy atom. The van der Waals surface area contributed by atoms with Crippen LogP contribution < -0.4 is 4.43 Å². The molecule has 0 aliphatic heterocycles. The molecule has 20 heavy (non-hydrogen) atoms. The Morgan fingerprint density at radius 3 is 2.45 bits per heavy atom. The van der Waals surface area contributed by atoms with Crippen molar-refractivity contribution < 1.29 is 4.43 Å². The summed E-state index contributed by atoms with van der Waals surface area (Å²) < 4.78 is 7.31. The first-order chi connectivity index (χ1) is 9.24. The van der Waals surface area contributed by atoms with Crippen LogP contribution >= 0.6 is 22.6 Å². The molecule has 0 unspecified atom stereocenters. The summed E-state index contributed by atoms with van der Waals surface area (Å²) in [4.78, 5) is 4.69. The lowest BCUT2D eigenvalue weighted by molar-refractivity contribution is 0.478. The van der Waals surface area contributed by atoms with E-state index in [1.165, 1.54) is 10.9 Å². The molecule has 2 aromatic rings. The summed E-state index contributed by atoms with van der Waals surface area (Å²) in [5.74, 6) is 0.780. The molecule has 0 bridgehead atoms. The Kier molecular flexibility index (Phi) is 4.44. The number of pyridine rings is 1. The number of alkyl halides is 1. The fourth-order valence-corrected chi connectivity index (χ4v) is 3.36. The first-order valence-electron chi connectivity index (χ1n) is 6.88. The van der Waals surface area contributed by atoms with Crippen LogP contribution in [0, 0.1) is 0 Å². The highest BCUT2D eigenvalue weighted by molar-refractivity contribution is 14.1. The number of nitrogens with zero attached hydrogens (tertiary/aromatic N) is 1. The minimum Gasteiger partial charge on any atom is -0.531 e. The van der Waals surface area contributed by atoms with Gasteiger partial charge in [0.2, 0.25) is 0 Å². The van der Waals surface area contributed by atoms with Crippen LogP contribution in [-0.2, 0) is 4.43 Å². The monoisotopic (exact) mass is 399 g/mol. The van der Waals surface area contributed by atoms with Gasteiger partial charge in [0.25, 0.3) is 8.32 Å². The van der Waals surface area contributed by atoms with Gasteiger partial charge in [0.15, 0.2) is 5.88 Å². The molecule has 2 nitrogen and oxygen atoms in total. The molecule has 1 aromatic carbocycles. The van der Waals surface area contributed by atoms with Crippen molar-refractivity contribution in [1.29, 1.82) is 0 Å². The molecule has 0 saturated heterocycles. The molecule has 1 heterocycles. The molecular formula is C16H22INOSi. The summed E-state index contributed by atoms with van der Waals surface area (Å²) in [7, 11) is -1.83. The molecule has 0 saturated carbocycles. The summed E-state index contributed by atoms with van der Waals surface area (Å²) in [6.45, 7) is 11.3. The Balaban J connectivity index is 2.46. The van der Waals surface area contributed by atoms with Crippen LogP contribution in [0.3, 0.4) is 0 Å². The van der Waals surface area contributed by atoms with Crippen LogP contribution in [0.5, 0.6) is 5.88 Å². The zero-order chi connectivity index (χ0) is 15.0. The normalized spacial score (nSPS) is 12.7. The van der Waals surface area contributed by atoms with E-state index in [-0.39, 0.29) is 5.04 Å². The van der Waals surface area contributed by atoms with E-state index >= 15 is 0 Å². The molecule has 108 valence electrons. The zero-order valence-electron chi connectivity index (χ0n) is 12.8. The maximum Gasteiger partial charge on any atom is 0.252 e. The molecule has 2 rings (SSSR count). The van der Waals surface area contributed by atoms with Crippen molar-refractivity contribution in [2.45, 2.75) is 43.3 Å². The van der Waals surface area contributed by atoms with E-state index < -0.39 is 8.32 Å². The third-order valence-corrected chi connectivity index (χ3v) is 9.24. The van der Waals surface area contributed by atoms with Crippen molar-refractivity contribution in [2.24, 2.45) is 0 Å². The predicted octanol–water partition coefficient (Wildman–Crippen LogP) is 5.55. The molecular weight excluding hydrogens is 377 g/mol. The van der Waals surface area contributed by atoms with Gasteiger partial charge in [-0.1, -0.05) is 61.6 Å². The van der Waals surface area contributed by atoms with Gasteiger partial charge in [0.1, 0.15) is 0 Å². The number of hydrogen-bond acceptors (Lipinski definition) is 2. The maximum absolute atomic E-state index is 6.34. The second-order valence-corrected chi connectivity index (χ2v) is 12.1. The first-order valence-corrected chi connectivity index (χ1v) is 11.3. The zero-order valence-corrected chi connectivity index (χ0v) is 16.0. The number of hydrogen-bond donors (Lipinski definition) is 0. The van der Waals surface area contributed by atoms with Crippen LogP contribution in [0.2, 0.25) is 18.1 Å². The molecule has 0 aliphatic carbocycles. The third-order valence-electron chi connectivity index (χ3n) is 4.09. The molecule has 0 spiro atoms. The average molecular weight is 399 g/mol. The highest BCUT2D eigenvalue weighted by Crippen LogP contribution is 2.37. The van der Waals surface area contributed by atoms with Crippen molar-refractivity contribution in [2.75, 3.05) is 0 Å². The summed E-state index contributed by atoms with van der Waals surface area (Å²) in [6, 6.07) is 10.4. The highest BCUT2D eigenvalue weighted by atomic mass is 127. The Morgan fingerprint density at radius 1 is 1.20 bits per heavy atom. The summed E-state index contributed by atoms with van der Waals surface area (Å²) in [6.07, 6.45) is 0. The van der Waals surface area contributed by atoms with E-state index in [1.54, 1.807) is 0 Å². The van der Waals surface area contributed by atoms with Gasteiger partial charge in [-0.25, -0.2) is 4.98 Å². The minimum absolute atomic E-state index is 0.185. The summed E-state index contributed by atoms with van der Waals surface area (Å²) >= 11 is 2.40. The average Bonchev–Trinajstić information content (AvgIpc) is 2.36. The Hall–Kier alpha value is -0.623. The molecule has 0 radical (unpaired) electrons. The van der Waals surface area contributed by atoms with Crippen LogP contribution in [0.4, 0.5) is 0 Å². The highest BCUT2D eigenvalue weighted by Gasteiger charge is 2.39. The smallest absolute Gasteiger partial charge is 0.252 e. The van der Waals surface area contributed by atoms with Crippen LogP contribution in [0.1, 0.15) is 26.3 Å². The predicted molar refractivity (Wildman–Crippen MR) is 97.3 cm³/mol. The van der Waals surface area contributed by atoms with Gasteiger partial charge in [-0.2, -0.15) is 0 Å². The molecule has 0 aliphatic rings. The van der Waals surface area contributed by atoms with E-state index in [2.05, 4.69) is 80.7 Å². The number of aromatic nitrogens is 1. The second kappa shape index (κ2) is 5.64. The Bertz CT molecular complexity index is 619. The molecule has 0 atom stereocenters. The van der Waals surface area contributed by atoms with E-state index in [9.17, 15) is 0 Å². The van der Waals surface area contributed by atoms with Crippen molar-refractivity contribution in [3.8, 4) is 5.88 Å². The van der Waals surface area contributed by atoms with Crippen LogP contribution in [0.25, 0.3) is 10.9 Å². The second-order valence-electron chi connectivity index (χ2n) is 6.63. The van der Waals surface area contributed by atoms with E-state index in [1.807, 2.05) is 6.07 Å². The van der Waals surface area contributed by atoms with Crippen molar-refractivity contribution >= 4 is 41.8 Å². The van der Waals surface area contributed by atoms with Crippen molar-refractivity contribution in [1.82, 2.24) is 4.98 Å². The molecule has 1 aromatic heterocycles. The van der Waals surface area contributed by atoms with Crippen LogP contribution in [-0.4, -0.2) is 13.3 Å². The quantitative estimate of drug-likeness (QED) is 0.383.